The van der Waals surface area contributed by atoms with Crippen LogP contribution in [0.3, 0.4) is 0 Å². The first-order valence-electron chi connectivity index (χ1n) is 8.84. The number of nitrogens with one attached hydrogen (secondary N) is 1. The molecule has 2 N–H and O–H groups in total. The number of ether oxygens (including phenoxy) is 1. The second-order valence-electron chi connectivity index (χ2n) is 7.01. The van der Waals surface area contributed by atoms with E-state index >= 15 is 0 Å². The fourth-order valence-corrected chi connectivity index (χ4v) is 3.79. The molecule has 4 nitrogen and oxygen atoms in total. The Labute approximate surface area is 130 Å². The molecule has 0 aromatic carbocycles. The highest BCUT2D eigenvalue weighted by atomic mass is 16.5. The predicted octanol–water partition coefficient (Wildman–Crippen LogP) is 2.02. The van der Waals surface area contributed by atoms with Crippen molar-refractivity contribution in [1.29, 1.82) is 0 Å². The summed E-state index contributed by atoms with van der Waals surface area (Å²) in [7, 11) is 1.76. The molecule has 0 aliphatic heterocycles. The van der Waals surface area contributed by atoms with Crippen LogP contribution in [-0.4, -0.2) is 62.6 Å². The zero-order valence-corrected chi connectivity index (χ0v) is 13.8. The highest BCUT2D eigenvalue weighted by Crippen LogP contribution is 2.38. The van der Waals surface area contributed by atoms with E-state index in [2.05, 4.69) is 10.2 Å². The van der Waals surface area contributed by atoms with Crippen LogP contribution >= 0.6 is 0 Å². The number of rotatable bonds is 10. The Bertz CT molecular complexity index is 274. The minimum Gasteiger partial charge on any atom is -0.395 e. The maximum absolute atomic E-state index is 9.35. The zero-order chi connectivity index (χ0) is 15.0. The molecule has 124 valence electrons. The van der Waals surface area contributed by atoms with Crippen molar-refractivity contribution in [3.63, 3.8) is 0 Å². The molecule has 0 aromatic heterocycles. The molecule has 0 heterocycles. The van der Waals surface area contributed by atoms with Gasteiger partial charge in [0.2, 0.25) is 0 Å². The molecule has 2 aliphatic carbocycles. The quantitative estimate of drug-likeness (QED) is 0.478. The van der Waals surface area contributed by atoms with Crippen molar-refractivity contribution in [2.45, 2.75) is 57.4 Å². The third kappa shape index (κ3) is 5.85. The molecule has 0 atom stereocenters. The van der Waals surface area contributed by atoms with Crippen molar-refractivity contribution in [2.24, 2.45) is 5.41 Å². The molecule has 0 amide bonds. The Morgan fingerprint density at radius 1 is 1.19 bits per heavy atom. The largest absolute Gasteiger partial charge is 0.395 e. The smallest absolute Gasteiger partial charge is 0.0587 e. The lowest BCUT2D eigenvalue weighted by atomic mass is 9.79. The second-order valence-corrected chi connectivity index (χ2v) is 7.01. The van der Waals surface area contributed by atoms with Gasteiger partial charge in [-0.1, -0.05) is 25.7 Å². The van der Waals surface area contributed by atoms with Gasteiger partial charge >= 0.3 is 0 Å². The first-order chi connectivity index (χ1) is 10.3. The van der Waals surface area contributed by atoms with E-state index < -0.39 is 0 Å². The first kappa shape index (κ1) is 17.2. The lowest BCUT2D eigenvalue weighted by Gasteiger charge is -2.38. The molecule has 2 rings (SSSR count). The molecule has 2 aliphatic rings. The topological polar surface area (TPSA) is 44.7 Å². The van der Waals surface area contributed by atoms with Gasteiger partial charge in [0.25, 0.3) is 0 Å². The van der Waals surface area contributed by atoms with Gasteiger partial charge < -0.3 is 15.2 Å². The number of aliphatic hydroxyl groups is 1. The molecular formula is C17H34N2O2. The summed E-state index contributed by atoms with van der Waals surface area (Å²) in [5, 5.41) is 13.0. The van der Waals surface area contributed by atoms with Crippen LogP contribution in [0.15, 0.2) is 0 Å². The molecule has 2 saturated carbocycles. The summed E-state index contributed by atoms with van der Waals surface area (Å²) in [6.07, 6.45) is 10.8. The zero-order valence-electron chi connectivity index (χ0n) is 13.8. The van der Waals surface area contributed by atoms with E-state index in [-0.39, 0.29) is 0 Å². The molecule has 0 saturated heterocycles. The molecule has 21 heavy (non-hydrogen) atoms. The monoisotopic (exact) mass is 298 g/mol. The van der Waals surface area contributed by atoms with E-state index in [1.54, 1.807) is 7.11 Å². The van der Waals surface area contributed by atoms with Gasteiger partial charge in [0.05, 0.1) is 13.2 Å². The minimum atomic E-state index is 0.295. The number of aliphatic hydroxyl groups excluding tert-OH is 1. The van der Waals surface area contributed by atoms with Crippen LogP contribution < -0.4 is 5.32 Å². The third-order valence-electron chi connectivity index (χ3n) is 5.14. The van der Waals surface area contributed by atoms with Crippen molar-refractivity contribution in [3.8, 4) is 0 Å². The van der Waals surface area contributed by atoms with E-state index in [1.165, 1.54) is 51.4 Å². The number of hydrogen-bond acceptors (Lipinski definition) is 4. The van der Waals surface area contributed by atoms with Crippen molar-refractivity contribution in [2.75, 3.05) is 46.5 Å². The van der Waals surface area contributed by atoms with Gasteiger partial charge in [0, 0.05) is 39.3 Å². The van der Waals surface area contributed by atoms with Crippen molar-refractivity contribution >= 4 is 0 Å². The van der Waals surface area contributed by atoms with Crippen LogP contribution in [0.1, 0.15) is 51.4 Å². The van der Waals surface area contributed by atoms with Crippen LogP contribution in [0, 0.1) is 5.41 Å². The Hall–Kier alpha value is -0.160. The van der Waals surface area contributed by atoms with Crippen LogP contribution in [0.2, 0.25) is 0 Å². The van der Waals surface area contributed by atoms with E-state index in [4.69, 9.17) is 4.74 Å². The van der Waals surface area contributed by atoms with Gasteiger partial charge in [-0.2, -0.15) is 0 Å². The van der Waals surface area contributed by atoms with Crippen molar-refractivity contribution in [3.05, 3.63) is 0 Å². The van der Waals surface area contributed by atoms with Gasteiger partial charge in [-0.25, -0.2) is 0 Å². The lowest BCUT2D eigenvalue weighted by molar-refractivity contribution is 0.0996. The highest BCUT2D eigenvalue weighted by molar-refractivity contribution is 4.92. The molecule has 0 aromatic rings. The molecule has 0 unspecified atom stereocenters. The maximum atomic E-state index is 9.35. The van der Waals surface area contributed by atoms with E-state index in [1.807, 2.05) is 0 Å². The lowest BCUT2D eigenvalue weighted by Crippen LogP contribution is -2.46. The normalized spacial score (nSPS) is 22.4. The summed E-state index contributed by atoms with van der Waals surface area (Å²) in [5.74, 6) is 0. The highest BCUT2D eigenvalue weighted by Gasteiger charge is 2.37. The van der Waals surface area contributed by atoms with E-state index in [9.17, 15) is 5.11 Å². The van der Waals surface area contributed by atoms with Crippen LogP contribution in [0.4, 0.5) is 0 Å². The first-order valence-corrected chi connectivity index (χ1v) is 8.84. The number of methoxy groups -OCH3 is 1. The standard InChI is InChI=1S/C17H34N2O2/c1-21-13-10-18-14-17(8-4-2-3-5-9-17)15-19(11-12-20)16-6-7-16/h16,18,20H,2-15H2,1H3. The summed E-state index contributed by atoms with van der Waals surface area (Å²) >= 11 is 0. The molecule has 0 bridgehead atoms. The Kier molecular flexibility index (Phi) is 7.44. The average molecular weight is 298 g/mol. The Morgan fingerprint density at radius 2 is 1.90 bits per heavy atom. The Morgan fingerprint density at radius 3 is 2.48 bits per heavy atom. The summed E-state index contributed by atoms with van der Waals surface area (Å²) in [5.41, 5.74) is 0.405. The van der Waals surface area contributed by atoms with Crippen LogP contribution in [-0.2, 0) is 4.74 Å². The summed E-state index contributed by atoms with van der Waals surface area (Å²) in [6.45, 7) is 5.15. The van der Waals surface area contributed by atoms with Gasteiger partial charge in [0.15, 0.2) is 0 Å². The summed E-state index contributed by atoms with van der Waals surface area (Å²) < 4.78 is 5.15. The van der Waals surface area contributed by atoms with Gasteiger partial charge in [-0.05, 0) is 31.1 Å². The predicted molar refractivity (Wildman–Crippen MR) is 86.6 cm³/mol. The molecule has 0 spiro atoms. The number of hydrogen-bond donors (Lipinski definition) is 2. The molecule has 4 heteroatoms. The van der Waals surface area contributed by atoms with Crippen molar-refractivity contribution in [1.82, 2.24) is 10.2 Å². The Balaban J connectivity index is 1.92. The molecular weight excluding hydrogens is 264 g/mol. The third-order valence-corrected chi connectivity index (χ3v) is 5.14. The van der Waals surface area contributed by atoms with Gasteiger partial charge in [-0.15, -0.1) is 0 Å². The maximum Gasteiger partial charge on any atom is 0.0587 e. The average Bonchev–Trinajstić information content (AvgIpc) is 3.31. The fraction of sp³-hybridized carbons (Fsp3) is 1.00. The molecule has 2 fully saturated rings. The van der Waals surface area contributed by atoms with Gasteiger partial charge in [0.1, 0.15) is 0 Å². The van der Waals surface area contributed by atoms with Gasteiger partial charge in [-0.3, -0.25) is 4.90 Å². The summed E-state index contributed by atoms with van der Waals surface area (Å²) in [6, 6.07) is 0.747. The summed E-state index contributed by atoms with van der Waals surface area (Å²) in [4.78, 5) is 2.56. The van der Waals surface area contributed by atoms with Crippen molar-refractivity contribution < 1.29 is 9.84 Å². The van der Waals surface area contributed by atoms with E-state index in [0.717, 1.165) is 38.8 Å². The van der Waals surface area contributed by atoms with Crippen LogP contribution in [0.25, 0.3) is 0 Å². The SMILES string of the molecule is COCCNCC1(CN(CCO)C2CC2)CCCCCC1. The fourth-order valence-electron chi connectivity index (χ4n) is 3.79. The van der Waals surface area contributed by atoms with Crippen LogP contribution in [0.5, 0.6) is 0 Å². The second kappa shape index (κ2) is 9.09. The number of nitrogens with zero attached hydrogens (tertiary/aromatic N) is 1. The van der Waals surface area contributed by atoms with E-state index in [0.29, 0.717) is 12.0 Å². The molecule has 0 radical (unpaired) electrons. The minimum absolute atomic E-state index is 0.295.